The summed E-state index contributed by atoms with van der Waals surface area (Å²) in [7, 11) is 2.00. The van der Waals surface area contributed by atoms with E-state index in [4.69, 9.17) is 0 Å². The molecule has 3 rings (SSSR count). The molecule has 0 saturated heterocycles. The highest BCUT2D eigenvalue weighted by molar-refractivity contribution is 6.08. The zero-order valence-corrected chi connectivity index (χ0v) is 12.1. The first kappa shape index (κ1) is 13.4. The molecule has 108 valence electrons. The number of fused-ring (bicyclic) bond motifs is 1. The molecular weight excluding hydrogens is 266 g/mol. The maximum Gasteiger partial charge on any atom is 0.263 e. The summed E-state index contributed by atoms with van der Waals surface area (Å²) in [4.78, 5) is 31.4. The number of amides is 1. The molecule has 0 aliphatic carbocycles. The minimum absolute atomic E-state index is 0.181. The summed E-state index contributed by atoms with van der Waals surface area (Å²) in [6, 6.07) is 9.19. The molecule has 0 spiro atoms. The number of hydrogen-bond acceptors (Lipinski definition) is 3. The Morgan fingerprint density at radius 1 is 1.19 bits per heavy atom. The SMILES string of the molecule is Cc1cc(=O)c(C(=O)N2CCN(C)c3ccccc32)c[nH]1. The molecule has 1 aromatic heterocycles. The fraction of sp³-hybridized carbons (Fsp3) is 0.250. The van der Waals surface area contributed by atoms with Crippen LogP contribution in [0.1, 0.15) is 16.1 Å². The van der Waals surface area contributed by atoms with Crippen molar-refractivity contribution >= 4 is 17.3 Å². The highest BCUT2D eigenvalue weighted by Gasteiger charge is 2.26. The number of aryl methyl sites for hydroxylation is 1. The maximum absolute atomic E-state index is 12.7. The van der Waals surface area contributed by atoms with Crippen LogP contribution < -0.4 is 15.2 Å². The number of carbonyl (C=O) groups is 1. The van der Waals surface area contributed by atoms with Gasteiger partial charge in [0.15, 0.2) is 5.43 Å². The van der Waals surface area contributed by atoms with Crippen LogP contribution in [0.25, 0.3) is 0 Å². The van der Waals surface area contributed by atoms with Crippen LogP contribution in [0.15, 0.2) is 41.3 Å². The van der Waals surface area contributed by atoms with Crippen LogP contribution in [0.3, 0.4) is 0 Å². The van der Waals surface area contributed by atoms with Crippen molar-refractivity contribution in [1.29, 1.82) is 0 Å². The van der Waals surface area contributed by atoms with Gasteiger partial charge in [0, 0.05) is 38.1 Å². The molecule has 2 aromatic rings. The second-order valence-corrected chi connectivity index (χ2v) is 5.26. The number of likely N-dealkylation sites (N-methyl/N-ethyl adjacent to an activating group) is 1. The predicted molar refractivity (Wildman–Crippen MR) is 83.2 cm³/mol. The summed E-state index contributed by atoms with van der Waals surface area (Å²) in [6.45, 7) is 3.10. The Hall–Kier alpha value is -2.56. The third kappa shape index (κ3) is 2.31. The van der Waals surface area contributed by atoms with Crippen molar-refractivity contribution in [3.63, 3.8) is 0 Å². The quantitative estimate of drug-likeness (QED) is 0.868. The number of carbonyl (C=O) groups excluding carboxylic acids is 1. The average molecular weight is 283 g/mol. The highest BCUT2D eigenvalue weighted by Crippen LogP contribution is 2.32. The molecule has 21 heavy (non-hydrogen) atoms. The number of anilines is 2. The monoisotopic (exact) mass is 283 g/mol. The zero-order chi connectivity index (χ0) is 15.0. The van der Waals surface area contributed by atoms with Gasteiger partial charge in [-0.2, -0.15) is 0 Å². The molecule has 0 bridgehead atoms. The number of benzene rings is 1. The lowest BCUT2D eigenvalue weighted by molar-refractivity contribution is 0.0985. The Morgan fingerprint density at radius 2 is 1.90 bits per heavy atom. The van der Waals surface area contributed by atoms with Crippen molar-refractivity contribution in [1.82, 2.24) is 4.98 Å². The number of para-hydroxylation sites is 2. The molecule has 1 aliphatic rings. The van der Waals surface area contributed by atoms with Gasteiger partial charge in [0.05, 0.1) is 11.4 Å². The van der Waals surface area contributed by atoms with Gasteiger partial charge in [-0.15, -0.1) is 0 Å². The van der Waals surface area contributed by atoms with Crippen molar-refractivity contribution in [3.05, 3.63) is 58.0 Å². The molecule has 5 nitrogen and oxygen atoms in total. The molecule has 2 heterocycles. The van der Waals surface area contributed by atoms with Crippen molar-refractivity contribution in [3.8, 4) is 0 Å². The number of aromatic nitrogens is 1. The number of H-pyrrole nitrogens is 1. The highest BCUT2D eigenvalue weighted by atomic mass is 16.2. The van der Waals surface area contributed by atoms with E-state index in [0.29, 0.717) is 6.54 Å². The Kier molecular flexibility index (Phi) is 3.25. The number of aromatic amines is 1. The Labute approximate surface area is 122 Å². The molecule has 1 N–H and O–H groups in total. The number of nitrogens with zero attached hydrogens (tertiary/aromatic N) is 2. The van der Waals surface area contributed by atoms with E-state index in [-0.39, 0.29) is 16.9 Å². The zero-order valence-electron chi connectivity index (χ0n) is 12.1. The Balaban J connectivity index is 2.03. The lowest BCUT2D eigenvalue weighted by atomic mass is 10.1. The van der Waals surface area contributed by atoms with E-state index >= 15 is 0 Å². The summed E-state index contributed by atoms with van der Waals surface area (Å²) < 4.78 is 0. The molecular formula is C16H17N3O2. The van der Waals surface area contributed by atoms with Crippen molar-refractivity contribution in [2.75, 3.05) is 29.9 Å². The average Bonchev–Trinajstić information content (AvgIpc) is 2.47. The molecule has 0 radical (unpaired) electrons. The summed E-state index contributed by atoms with van der Waals surface area (Å²) in [5.41, 5.74) is 2.53. The summed E-state index contributed by atoms with van der Waals surface area (Å²) in [6.07, 6.45) is 1.50. The van der Waals surface area contributed by atoms with Crippen LogP contribution in [0, 0.1) is 6.92 Å². The van der Waals surface area contributed by atoms with E-state index in [2.05, 4.69) is 9.88 Å². The molecule has 5 heteroatoms. The molecule has 1 aromatic carbocycles. The fourth-order valence-corrected chi connectivity index (χ4v) is 2.60. The third-order valence-corrected chi connectivity index (χ3v) is 3.78. The van der Waals surface area contributed by atoms with Gasteiger partial charge in [-0.1, -0.05) is 12.1 Å². The molecule has 1 aliphatic heterocycles. The van der Waals surface area contributed by atoms with Crippen LogP contribution in [0.4, 0.5) is 11.4 Å². The molecule has 0 fully saturated rings. The Bertz CT molecular complexity index is 751. The van der Waals surface area contributed by atoms with E-state index in [1.165, 1.54) is 12.3 Å². The summed E-state index contributed by atoms with van der Waals surface area (Å²) in [5.74, 6) is -0.253. The van der Waals surface area contributed by atoms with E-state index in [1.807, 2.05) is 31.3 Å². The number of hydrogen-bond donors (Lipinski definition) is 1. The molecule has 0 saturated carbocycles. The van der Waals surface area contributed by atoms with Gasteiger partial charge in [0.2, 0.25) is 0 Å². The van der Waals surface area contributed by atoms with Gasteiger partial charge in [-0.25, -0.2) is 0 Å². The number of nitrogens with one attached hydrogen (secondary N) is 1. The van der Waals surface area contributed by atoms with Crippen molar-refractivity contribution < 1.29 is 4.79 Å². The first-order valence-electron chi connectivity index (χ1n) is 6.89. The Morgan fingerprint density at radius 3 is 2.62 bits per heavy atom. The van der Waals surface area contributed by atoms with Crippen LogP contribution >= 0.6 is 0 Å². The number of pyridine rings is 1. The maximum atomic E-state index is 12.7. The summed E-state index contributed by atoms with van der Waals surface area (Å²) in [5, 5.41) is 0. The molecule has 0 unspecified atom stereocenters. The smallest absolute Gasteiger partial charge is 0.263 e. The summed E-state index contributed by atoms with van der Waals surface area (Å²) >= 11 is 0. The van der Waals surface area contributed by atoms with Gasteiger partial charge in [-0.3, -0.25) is 9.59 Å². The lowest BCUT2D eigenvalue weighted by Gasteiger charge is -2.35. The van der Waals surface area contributed by atoms with Crippen LogP contribution in [-0.4, -0.2) is 31.0 Å². The van der Waals surface area contributed by atoms with Crippen LogP contribution in [0.5, 0.6) is 0 Å². The van der Waals surface area contributed by atoms with Gasteiger partial charge in [0.1, 0.15) is 5.56 Å². The molecule has 1 amide bonds. The third-order valence-electron chi connectivity index (χ3n) is 3.78. The van der Waals surface area contributed by atoms with Gasteiger partial charge < -0.3 is 14.8 Å². The fourth-order valence-electron chi connectivity index (χ4n) is 2.60. The standard InChI is InChI=1S/C16H17N3O2/c1-11-9-15(20)12(10-17-11)16(21)19-8-7-18(2)13-5-3-4-6-14(13)19/h3-6,9-10H,7-8H2,1-2H3,(H,17,20). The van der Waals surface area contributed by atoms with Crippen molar-refractivity contribution in [2.45, 2.75) is 6.92 Å². The first-order valence-corrected chi connectivity index (χ1v) is 6.89. The van der Waals surface area contributed by atoms with Gasteiger partial charge >= 0.3 is 0 Å². The first-order chi connectivity index (χ1) is 10.1. The minimum Gasteiger partial charge on any atom is -0.371 e. The second kappa shape index (κ2) is 5.09. The van der Waals surface area contributed by atoms with Gasteiger partial charge in [-0.05, 0) is 19.1 Å². The van der Waals surface area contributed by atoms with Crippen LogP contribution in [0.2, 0.25) is 0 Å². The second-order valence-electron chi connectivity index (χ2n) is 5.26. The van der Waals surface area contributed by atoms with E-state index < -0.39 is 0 Å². The normalized spacial score (nSPS) is 14.0. The van der Waals surface area contributed by atoms with Gasteiger partial charge in [0.25, 0.3) is 5.91 Å². The minimum atomic E-state index is -0.253. The largest absolute Gasteiger partial charge is 0.371 e. The van der Waals surface area contributed by atoms with Crippen LogP contribution in [-0.2, 0) is 0 Å². The van der Waals surface area contributed by atoms with Crippen molar-refractivity contribution in [2.24, 2.45) is 0 Å². The van der Waals surface area contributed by atoms with E-state index in [9.17, 15) is 9.59 Å². The number of rotatable bonds is 1. The van der Waals surface area contributed by atoms with E-state index in [0.717, 1.165) is 23.6 Å². The predicted octanol–water partition coefficient (Wildman–Crippen LogP) is 1.78. The topological polar surface area (TPSA) is 56.4 Å². The van der Waals surface area contributed by atoms with E-state index in [1.54, 1.807) is 11.8 Å². The lowest BCUT2D eigenvalue weighted by Crippen LogP contribution is -2.44. The molecule has 0 atom stereocenters.